The van der Waals surface area contributed by atoms with Crippen molar-refractivity contribution in [2.45, 2.75) is 12.5 Å². The van der Waals surface area contributed by atoms with E-state index >= 15 is 0 Å². The molecular formula is C16H14F2N2O2. The Labute approximate surface area is 125 Å². The first-order chi connectivity index (χ1) is 10.5. The summed E-state index contributed by atoms with van der Waals surface area (Å²) < 4.78 is 26.7. The van der Waals surface area contributed by atoms with Crippen molar-refractivity contribution in [1.82, 2.24) is 5.32 Å². The Morgan fingerprint density at radius 2 is 1.73 bits per heavy atom. The smallest absolute Gasteiger partial charge is 0.255 e. The molecule has 0 saturated heterocycles. The standard InChI is InChI=1S/C16H14F2N2O2/c17-12-8-4-7-11(14(12)18)16(22)20-13(15(19)21)9-10-5-2-1-3-6-10/h1-8,13H,9H2,(H2,19,21)(H,20,22)/t13-/m0/s1. The molecule has 0 aliphatic carbocycles. The van der Waals surface area contributed by atoms with Crippen molar-refractivity contribution in [3.63, 3.8) is 0 Å². The third kappa shape index (κ3) is 3.66. The molecule has 0 heterocycles. The number of benzene rings is 2. The van der Waals surface area contributed by atoms with Crippen molar-refractivity contribution in [2.75, 3.05) is 0 Å². The van der Waals surface area contributed by atoms with Crippen molar-refractivity contribution in [1.29, 1.82) is 0 Å². The fourth-order valence-electron chi connectivity index (χ4n) is 1.99. The SMILES string of the molecule is NC(=O)[C@H](Cc1ccccc1)NC(=O)c1cccc(F)c1F. The largest absolute Gasteiger partial charge is 0.368 e. The van der Waals surface area contributed by atoms with Gasteiger partial charge in [-0.05, 0) is 17.7 Å². The Bertz CT molecular complexity index is 690. The second kappa shape index (κ2) is 6.80. The number of carbonyl (C=O) groups is 2. The van der Waals surface area contributed by atoms with Gasteiger partial charge in [0.1, 0.15) is 6.04 Å². The first-order valence-corrected chi connectivity index (χ1v) is 6.57. The molecule has 114 valence electrons. The normalized spacial score (nSPS) is 11.7. The highest BCUT2D eigenvalue weighted by Crippen LogP contribution is 2.12. The minimum Gasteiger partial charge on any atom is -0.368 e. The molecule has 0 bridgehead atoms. The minimum atomic E-state index is -1.26. The summed E-state index contributed by atoms with van der Waals surface area (Å²) in [4.78, 5) is 23.5. The van der Waals surface area contributed by atoms with Gasteiger partial charge in [-0.3, -0.25) is 9.59 Å². The van der Waals surface area contributed by atoms with E-state index in [0.29, 0.717) is 0 Å². The van der Waals surface area contributed by atoms with Crippen molar-refractivity contribution in [3.8, 4) is 0 Å². The summed E-state index contributed by atoms with van der Waals surface area (Å²) in [5, 5.41) is 2.33. The number of nitrogens with one attached hydrogen (secondary N) is 1. The van der Waals surface area contributed by atoms with Crippen LogP contribution < -0.4 is 11.1 Å². The van der Waals surface area contributed by atoms with Crippen LogP contribution in [0.3, 0.4) is 0 Å². The van der Waals surface area contributed by atoms with E-state index in [0.717, 1.165) is 17.7 Å². The van der Waals surface area contributed by atoms with Gasteiger partial charge in [-0.1, -0.05) is 36.4 Å². The van der Waals surface area contributed by atoms with Crippen molar-refractivity contribution in [2.24, 2.45) is 5.73 Å². The molecule has 0 aliphatic heterocycles. The summed E-state index contributed by atoms with van der Waals surface area (Å²) in [6.45, 7) is 0. The van der Waals surface area contributed by atoms with E-state index in [9.17, 15) is 18.4 Å². The molecule has 0 radical (unpaired) electrons. The molecule has 0 aromatic heterocycles. The lowest BCUT2D eigenvalue weighted by molar-refractivity contribution is -0.119. The number of halogens is 2. The van der Waals surface area contributed by atoms with E-state index in [4.69, 9.17) is 5.73 Å². The first kappa shape index (κ1) is 15.6. The maximum atomic E-state index is 13.6. The number of hydrogen-bond acceptors (Lipinski definition) is 2. The van der Waals surface area contributed by atoms with Crippen molar-refractivity contribution in [3.05, 3.63) is 71.3 Å². The number of amides is 2. The maximum Gasteiger partial charge on any atom is 0.255 e. The van der Waals surface area contributed by atoms with Crippen LogP contribution in [-0.2, 0) is 11.2 Å². The molecule has 3 N–H and O–H groups in total. The van der Waals surface area contributed by atoms with Gasteiger partial charge in [-0.25, -0.2) is 8.78 Å². The number of primary amides is 1. The monoisotopic (exact) mass is 304 g/mol. The number of hydrogen-bond donors (Lipinski definition) is 2. The van der Waals surface area contributed by atoms with E-state index in [1.165, 1.54) is 6.07 Å². The first-order valence-electron chi connectivity index (χ1n) is 6.57. The minimum absolute atomic E-state index is 0.166. The molecular weight excluding hydrogens is 290 g/mol. The topological polar surface area (TPSA) is 72.2 Å². The Kier molecular flexibility index (Phi) is 4.83. The Hall–Kier alpha value is -2.76. The molecule has 0 unspecified atom stereocenters. The number of rotatable bonds is 5. The van der Waals surface area contributed by atoms with Crippen molar-refractivity contribution >= 4 is 11.8 Å². The average molecular weight is 304 g/mol. The molecule has 4 nitrogen and oxygen atoms in total. The van der Waals surface area contributed by atoms with Gasteiger partial charge in [0.2, 0.25) is 5.91 Å². The molecule has 2 rings (SSSR count). The van der Waals surface area contributed by atoms with Crippen LogP contribution >= 0.6 is 0 Å². The van der Waals surface area contributed by atoms with Crippen LogP contribution in [0.2, 0.25) is 0 Å². The molecule has 0 aliphatic rings. The zero-order chi connectivity index (χ0) is 16.1. The molecule has 2 aromatic carbocycles. The van der Waals surface area contributed by atoms with E-state index in [1.807, 2.05) is 6.07 Å². The molecule has 0 spiro atoms. The van der Waals surface area contributed by atoms with Gasteiger partial charge in [0, 0.05) is 6.42 Å². The molecule has 1 atom stereocenters. The third-order valence-corrected chi connectivity index (χ3v) is 3.13. The summed E-state index contributed by atoms with van der Waals surface area (Å²) in [6.07, 6.45) is 0.166. The maximum absolute atomic E-state index is 13.6. The lowest BCUT2D eigenvalue weighted by atomic mass is 10.0. The highest BCUT2D eigenvalue weighted by molar-refractivity contribution is 5.97. The van der Waals surface area contributed by atoms with Crippen LogP contribution in [0.1, 0.15) is 15.9 Å². The number of nitrogens with two attached hydrogens (primary N) is 1. The van der Waals surface area contributed by atoms with Gasteiger partial charge in [0.15, 0.2) is 11.6 Å². The lowest BCUT2D eigenvalue weighted by Crippen LogP contribution is -2.46. The van der Waals surface area contributed by atoms with Gasteiger partial charge >= 0.3 is 0 Å². The van der Waals surface area contributed by atoms with Gasteiger partial charge in [-0.2, -0.15) is 0 Å². The van der Waals surface area contributed by atoms with Crippen LogP contribution in [0.15, 0.2) is 48.5 Å². The third-order valence-electron chi connectivity index (χ3n) is 3.13. The van der Waals surface area contributed by atoms with Crippen LogP contribution in [0.25, 0.3) is 0 Å². The summed E-state index contributed by atoms with van der Waals surface area (Å²) in [6, 6.07) is 11.1. The molecule has 0 saturated carbocycles. The number of carbonyl (C=O) groups excluding carboxylic acids is 2. The Morgan fingerprint density at radius 3 is 2.36 bits per heavy atom. The van der Waals surface area contributed by atoms with Gasteiger partial charge < -0.3 is 11.1 Å². The molecule has 22 heavy (non-hydrogen) atoms. The summed E-state index contributed by atoms with van der Waals surface area (Å²) >= 11 is 0. The summed E-state index contributed by atoms with van der Waals surface area (Å²) in [5.41, 5.74) is 5.57. The van der Waals surface area contributed by atoms with Gasteiger partial charge in [-0.15, -0.1) is 0 Å². The Morgan fingerprint density at radius 1 is 1.05 bits per heavy atom. The van der Waals surface area contributed by atoms with Gasteiger partial charge in [0.25, 0.3) is 5.91 Å². The second-order valence-electron chi connectivity index (χ2n) is 4.72. The van der Waals surface area contributed by atoms with E-state index in [-0.39, 0.29) is 6.42 Å². The van der Waals surface area contributed by atoms with Crippen LogP contribution in [-0.4, -0.2) is 17.9 Å². The van der Waals surface area contributed by atoms with Crippen LogP contribution in [0.4, 0.5) is 8.78 Å². The highest BCUT2D eigenvalue weighted by Gasteiger charge is 2.22. The molecule has 2 amide bonds. The average Bonchev–Trinajstić information content (AvgIpc) is 2.50. The molecule has 6 heteroatoms. The predicted molar refractivity (Wildman–Crippen MR) is 77.0 cm³/mol. The summed E-state index contributed by atoms with van der Waals surface area (Å²) in [7, 11) is 0. The van der Waals surface area contributed by atoms with E-state index in [2.05, 4.69) is 5.32 Å². The Balaban J connectivity index is 2.16. The van der Waals surface area contributed by atoms with Crippen LogP contribution in [0.5, 0.6) is 0 Å². The summed E-state index contributed by atoms with van der Waals surface area (Å²) in [5.74, 6) is -4.04. The zero-order valence-electron chi connectivity index (χ0n) is 11.6. The second-order valence-corrected chi connectivity index (χ2v) is 4.72. The molecule has 2 aromatic rings. The van der Waals surface area contributed by atoms with Crippen LogP contribution in [0, 0.1) is 11.6 Å². The predicted octanol–water partition coefficient (Wildman–Crippen LogP) is 1.79. The fraction of sp³-hybridized carbons (Fsp3) is 0.125. The lowest BCUT2D eigenvalue weighted by Gasteiger charge is -2.16. The van der Waals surface area contributed by atoms with E-state index < -0.39 is 35.1 Å². The highest BCUT2D eigenvalue weighted by atomic mass is 19.2. The zero-order valence-corrected chi connectivity index (χ0v) is 11.6. The fourth-order valence-corrected chi connectivity index (χ4v) is 1.99. The van der Waals surface area contributed by atoms with Gasteiger partial charge in [0.05, 0.1) is 5.56 Å². The molecule has 0 fully saturated rings. The van der Waals surface area contributed by atoms with Crippen molar-refractivity contribution < 1.29 is 18.4 Å². The quantitative estimate of drug-likeness (QED) is 0.884. The van der Waals surface area contributed by atoms with E-state index in [1.54, 1.807) is 24.3 Å².